The summed E-state index contributed by atoms with van der Waals surface area (Å²) in [4.78, 5) is 4.76. The Labute approximate surface area is 563 Å². The molecular formula is C92H76N2O2. The topological polar surface area (TPSA) is 32.8 Å². The first-order valence-electron chi connectivity index (χ1n) is 33.6. The number of benzene rings is 14. The van der Waals surface area contributed by atoms with Gasteiger partial charge in [0, 0.05) is 77.3 Å². The standard InChI is InChI=1S/C92H76N2O2/c1-89(2,66-26-16-10-17-27-66)70-36-46-74(47-37-70)93(75-48-38-71(39-49-75)90(3,4)67-28-18-11-19-29-67)78-44-34-62-56-80-82-60-83-81-57-63-35-45-79(55-65(63)59-85(81)96-88(83)86(61-24-14-9-15-25-61)87(82)95-84(80)58-64(62)54-78)94(76-50-40-72(41-51-76)91(5,6)68-30-20-12-21-31-68)77-52-42-73(43-53-77)92(7,8)69-32-22-13-23-33-69/h9-60H,1-8H3. The first-order chi connectivity index (χ1) is 46.6. The number of hydrogen-bond acceptors (Lipinski definition) is 4. The van der Waals surface area contributed by atoms with E-state index < -0.39 is 0 Å². The van der Waals surface area contributed by atoms with Gasteiger partial charge in [0.05, 0.1) is 5.56 Å². The van der Waals surface area contributed by atoms with E-state index in [0.29, 0.717) is 0 Å². The second-order valence-electron chi connectivity index (χ2n) is 28.2. The zero-order valence-corrected chi connectivity index (χ0v) is 55.7. The minimum Gasteiger partial charge on any atom is -0.455 e. The maximum Gasteiger partial charge on any atom is 0.147 e. The van der Waals surface area contributed by atoms with E-state index in [0.717, 1.165) is 111 Å². The van der Waals surface area contributed by atoms with Gasteiger partial charge in [0.15, 0.2) is 0 Å². The minimum absolute atomic E-state index is 0.179. The lowest BCUT2D eigenvalue weighted by Crippen LogP contribution is -2.19. The summed E-state index contributed by atoms with van der Waals surface area (Å²) < 4.78 is 14.4. The Bertz CT molecular complexity index is 5000. The van der Waals surface area contributed by atoms with Gasteiger partial charge in [-0.2, -0.15) is 0 Å². The van der Waals surface area contributed by atoms with Crippen LogP contribution in [0.4, 0.5) is 34.1 Å². The van der Waals surface area contributed by atoms with Crippen molar-refractivity contribution in [1.82, 2.24) is 0 Å². The van der Waals surface area contributed by atoms with Gasteiger partial charge < -0.3 is 18.6 Å². The molecule has 16 aromatic rings. The second-order valence-corrected chi connectivity index (χ2v) is 28.2. The van der Waals surface area contributed by atoms with Crippen molar-refractivity contribution in [3.8, 4) is 11.1 Å². The Balaban J connectivity index is 0.796. The highest BCUT2D eigenvalue weighted by molar-refractivity contribution is 6.24. The second kappa shape index (κ2) is 23.4. The Hall–Kier alpha value is -11.2. The molecule has 0 fully saturated rings. The number of fused-ring (bicyclic) bond motifs is 8. The quantitative estimate of drug-likeness (QED) is 0.102. The first-order valence-corrected chi connectivity index (χ1v) is 33.6. The van der Waals surface area contributed by atoms with E-state index in [1.54, 1.807) is 0 Å². The van der Waals surface area contributed by atoms with Gasteiger partial charge in [-0.1, -0.05) is 268 Å². The van der Waals surface area contributed by atoms with Crippen molar-refractivity contribution in [3.63, 3.8) is 0 Å². The van der Waals surface area contributed by atoms with Crippen LogP contribution in [0.25, 0.3) is 76.5 Å². The zero-order valence-electron chi connectivity index (χ0n) is 55.7. The molecule has 0 unspecified atom stereocenters. The molecule has 4 heteroatoms. The predicted molar refractivity (Wildman–Crippen MR) is 405 cm³/mol. The van der Waals surface area contributed by atoms with Crippen molar-refractivity contribution in [2.75, 3.05) is 9.80 Å². The lowest BCUT2D eigenvalue weighted by atomic mass is 9.78. The number of rotatable bonds is 15. The average molecular weight is 1240 g/mol. The summed E-state index contributed by atoms with van der Waals surface area (Å²) in [6.07, 6.45) is 0. The molecule has 2 heterocycles. The normalized spacial score (nSPS) is 12.4. The summed E-state index contributed by atoms with van der Waals surface area (Å²) in [6.45, 7) is 18.4. The first kappa shape index (κ1) is 59.8. The van der Waals surface area contributed by atoms with Crippen LogP contribution in [-0.4, -0.2) is 0 Å². The summed E-state index contributed by atoms with van der Waals surface area (Å²) in [5, 5.41) is 8.63. The number of furan rings is 2. The molecular weight excluding hydrogens is 1170 g/mol. The van der Waals surface area contributed by atoms with E-state index in [1.165, 1.54) is 44.5 Å². The van der Waals surface area contributed by atoms with Crippen LogP contribution < -0.4 is 9.80 Å². The molecule has 0 radical (unpaired) electrons. The minimum atomic E-state index is -0.179. The molecule has 4 nitrogen and oxygen atoms in total. The highest BCUT2D eigenvalue weighted by Crippen LogP contribution is 2.49. The fourth-order valence-corrected chi connectivity index (χ4v) is 14.8. The SMILES string of the molecule is CC(C)(c1ccccc1)c1ccc(N(c2ccc(C(C)(C)c3ccccc3)cc2)c2ccc3cc4c(cc3c2)oc2c(-c3ccccc3)c3oc5cc6cc(N(c7ccc(C(C)(C)c8ccccc8)cc7)c7ccc(C(C)(C)c8ccccc8)cc7)ccc6cc5c3cc24)cc1. The lowest BCUT2D eigenvalue weighted by molar-refractivity contribution is 0.640. The Morgan fingerprint density at radius 3 is 0.771 bits per heavy atom. The highest BCUT2D eigenvalue weighted by atomic mass is 16.3. The molecule has 0 saturated carbocycles. The number of anilines is 6. The number of hydrogen-bond donors (Lipinski definition) is 0. The lowest BCUT2D eigenvalue weighted by Gasteiger charge is -2.30. The van der Waals surface area contributed by atoms with Gasteiger partial charge in [-0.15, -0.1) is 0 Å². The molecule has 466 valence electrons. The Morgan fingerprint density at radius 1 is 0.219 bits per heavy atom. The van der Waals surface area contributed by atoms with Crippen molar-refractivity contribution < 1.29 is 8.83 Å². The van der Waals surface area contributed by atoms with E-state index in [-0.39, 0.29) is 21.7 Å². The van der Waals surface area contributed by atoms with Gasteiger partial charge in [-0.3, -0.25) is 0 Å². The molecule has 96 heavy (non-hydrogen) atoms. The predicted octanol–water partition coefficient (Wildman–Crippen LogP) is 25.7. The van der Waals surface area contributed by atoms with Crippen LogP contribution in [0.5, 0.6) is 0 Å². The number of nitrogens with zero attached hydrogens (tertiary/aromatic N) is 2. The maximum atomic E-state index is 7.20. The highest BCUT2D eigenvalue weighted by Gasteiger charge is 2.29. The summed E-state index contributed by atoms with van der Waals surface area (Å²) in [7, 11) is 0. The summed E-state index contributed by atoms with van der Waals surface area (Å²) in [6, 6.07) is 115. The van der Waals surface area contributed by atoms with E-state index in [1.807, 2.05) is 0 Å². The van der Waals surface area contributed by atoms with Gasteiger partial charge >= 0.3 is 0 Å². The van der Waals surface area contributed by atoms with Crippen LogP contribution in [0.15, 0.2) is 324 Å². The molecule has 0 bridgehead atoms. The van der Waals surface area contributed by atoms with Crippen LogP contribution in [-0.2, 0) is 21.7 Å². The Kier molecular flexibility index (Phi) is 14.6. The van der Waals surface area contributed by atoms with Gasteiger partial charge in [0.25, 0.3) is 0 Å². The molecule has 14 aromatic carbocycles. The van der Waals surface area contributed by atoms with Crippen LogP contribution >= 0.6 is 0 Å². The molecule has 0 aliphatic carbocycles. The Morgan fingerprint density at radius 2 is 0.479 bits per heavy atom. The third-order valence-electron chi connectivity index (χ3n) is 21.0. The smallest absolute Gasteiger partial charge is 0.147 e. The largest absolute Gasteiger partial charge is 0.455 e. The molecule has 0 N–H and O–H groups in total. The van der Waals surface area contributed by atoms with Crippen molar-refractivity contribution in [2.24, 2.45) is 0 Å². The summed E-state index contributed by atoms with van der Waals surface area (Å²) >= 11 is 0. The molecule has 0 saturated heterocycles. The summed E-state index contributed by atoms with van der Waals surface area (Å²) in [5.74, 6) is 0. The molecule has 0 spiro atoms. The monoisotopic (exact) mass is 1240 g/mol. The zero-order chi connectivity index (χ0) is 65.5. The maximum absolute atomic E-state index is 7.20. The van der Waals surface area contributed by atoms with Crippen LogP contribution in [0, 0.1) is 0 Å². The van der Waals surface area contributed by atoms with Gasteiger partial charge in [-0.25, -0.2) is 0 Å². The molecule has 0 aliphatic heterocycles. The fraction of sp³-hybridized carbons (Fsp3) is 0.130. The average Bonchev–Trinajstić information content (AvgIpc) is 1.55. The molecule has 0 amide bonds. The summed E-state index contributed by atoms with van der Waals surface area (Å²) in [5.41, 5.74) is 21.1. The van der Waals surface area contributed by atoms with Gasteiger partial charge in [0.1, 0.15) is 22.3 Å². The van der Waals surface area contributed by atoms with E-state index in [9.17, 15) is 0 Å². The fourth-order valence-electron chi connectivity index (χ4n) is 14.8. The van der Waals surface area contributed by atoms with Crippen molar-refractivity contribution in [2.45, 2.75) is 77.0 Å². The molecule has 0 aliphatic rings. The van der Waals surface area contributed by atoms with Gasteiger partial charge in [0.2, 0.25) is 0 Å². The molecule has 0 atom stereocenters. The van der Waals surface area contributed by atoms with Crippen molar-refractivity contribution in [1.29, 1.82) is 0 Å². The van der Waals surface area contributed by atoms with E-state index in [2.05, 4.69) is 381 Å². The van der Waals surface area contributed by atoms with E-state index >= 15 is 0 Å². The van der Waals surface area contributed by atoms with Crippen LogP contribution in [0.2, 0.25) is 0 Å². The molecule has 2 aromatic heterocycles. The molecule has 16 rings (SSSR count). The van der Waals surface area contributed by atoms with Gasteiger partial charge in [-0.05, 0) is 175 Å². The van der Waals surface area contributed by atoms with Crippen LogP contribution in [0.3, 0.4) is 0 Å². The third kappa shape index (κ3) is 10.4. The van der Waals surface area contributed by atoms with E-state index in [4.69, 9.17) is 8.83 Å². The van der Waals surface area contributed by atoms with Crippen molar-refractivity contribution in [3.05, 3.63) is 360 Å². The van der Waals surface area contributed by atoms with Crippen LogP contribution in [0.1, 0.15) is 99.9 Å². The van der Waals surface area contributed by atoms with Crippen molar-refractivity contribution >= 4 is 99.5 Å². The third-order valence-corrected chi connectivity index (χ3v) is 21.0.